The molecule has 0 aliphatic heterocycles. The minimum Gasteiger partial charge on any atom is -0.313 e. The van der Waals surface area contributed by atoms with Crippen molar-refractivity contribution in [1.29, 1.82) is 0 Å². The van der Waals surface area contributed by atoms with Crippen LogP contribution in [0.1, 0.15) is 69.9 Å². The first-order valence-electron chi connectivity index (χ1n) is 7.53. The molecule has 0 amide bonds. The molecule has 0 heterocycles. The van der Waals surface area contributed by atoms with Crippen LogP contribution < -0.4 is 5.32 Å². The molecule has 0 spiro atoms. The molecule has 1 rings (SSSR count). The van der Waals surface area contributed by atoms with E-state index in [1.807, 2.05) is 0 Å². The van der Waals surface area contributed by atoms with Gasteiger partial charge in [-0.15, -0.1) is 0 Å². The van der Waals surface area contributed by atoms with E-state index in [1.54, 1.807) is 0 Å². The summed E-state index contributed by atoms with van der Waals surface area (Å²) >= 11 is 0. The normalized spacial score (nSPS) is 11.1. The second-order valence-corrected chi connectivity index (χ2v) is 5.49. The van der Waals surface area contributed by atoms with E-state index in [0.29, 0.717) is 5.92 Å². The van der Waals surface area contributed by atoms with Crippen LogP contribution in [0.15, 0.2) is 24.3 Å². The Labute approximate surface area is 113 Å². The zero-order valence-corrected chi connectivity index (χ0v) is 12.3. The topological polar surface area (TPSA) is 12.0 Å². The summed E-state index contributed by atoms with van der Waals surface area (Å²) < 4.78 is 0. The fraction of sp³-hybridized carbons (Fsp3) is 0.647. The van der Waals surface area contributed by atoms with Crippen molar-refractivity contribution in [3.63, 3.8) is 0 Å². The van der Waals surface area contributed by atoms with Crippen LogP contribution >= 0.6 is 0 Å². The highest BCUT2D eigenvalue weighted by atomic mass is 14.8. The maximum absolute atomic E-state index is 3.53. The third kappa shape index (κ3) is 6.20. The standard InChI is InChI=1S/C17H29N/c1-4-5-6-7-8-13-18-14-16-9-11-17(12-10-16)15(2)3/h9-12,15,18H,4-8,13-14H2,1-3H3. The number of nitrogens with one attached hydrogen (secondary N) is 1. The Bertz CT molecular complexity index is 300. The van der Waals surface area contributed by atoms with Gasteiger partial charge in [0.15, 0.2) is 0 Å². The summed E-state index contributed by atoms with van der Waals surface area (Å²) in [7, 11) is 0. The summed E-state index contributed by atoms with van der Waals surface area (Å²) in [4.78, 5) is 0. The first-order valence-corrected chi connectivity index (χ1v) is 7.53. The van der Waals surface area contributed by atoms with Gasteiger partial charge in [0.1, 0.15) is 0 Å². The summed E-state index contributed by atoms with van der Waals surface area (Å²) in [6.07, 6.45) is 6.78. The van der Waals surface area contributed by atoms with Crippen LogP contribution in [0.3, 0.4) is 0 Å². The van der Waals surface area contributed by atoms with Gasteiger partial charge < -0.3 is 5.32 Å². The molecular weight excluding hydrogens is 218 g/mol. The Hall–Kier alpha value is -0.820. The van der Waals surface area contributed by atoms with Crippen molar-refractivity contribution in [2.24, 2.45) is 0 Å². The van der Waals surface area contributed by atoms with E-state index in [-0.39, 0.29) is 0 Å². The molecule has 0 aromatic heterocycles. The van der Waals surface area contributed by atoms with Crippen LogP contribution in [0.25, 0.3) is 0 Å². The van der Waals surface area contributed by atoms with Gasteiger partial charge in [-0.3, -0.25) is 0 Å². The quantitative estimate of drug-likeness (QED) is 0.614. The lowest BCUT2D eigenvalue weighted by Gasteiger charge is -2.08. The van der Waals surface area contributed by atoms with Crippen molar-refractivity contribution in [3.8, 4) is 0 Å². The molecule has 0 radical (unpaired) electrons. The molecule has 1 aromatic rings. The monoisotopic (exact) mass is 247 g/mol. The van der Waals surface area contributed by atoms with Crippen LogP contribution in [0, 0.1) is 0 Å². The molecule has 0 bridgehead atoms. The second kappa shape index (κ2) is 9.16. The van der Waals surface area contributed by atoms with Crippen LogP contribution in [0.2, 0.25) is 0 Å². The Morgan fingerprint density at radius 2 is 1.61 bits per heavy atom. The molecule has 0 saturated carbocycles. The van der Waals surface area contributed by atoms with Gasteiger partial charge in [0, 0.05) is 6.54 Å². The second-order valence-electron chi connectivity index (χ2n) is 5.49. The van der Waals surface area contributed by atoms with Gasteiger partial charge in [-0.1, -0.05) is 70.7 Å². The first-order chi connectivity index (χ1) is 8.74. The minimum absolute atomic E-state index is 0.630. The van der Waals surface area contributed by atoms with Gasteiger partial charge in [-0.25, -0.2) is 0 Å². The van der Waals surface area contributed by atoms with Gasteiger partial charge in [0.25, 0.3) is 0 Å². The molecule has 0 aliphatic rings. The van der Waals surface area contributed by atoms with Gasteiger partial charge in [0.05, 0.1) is 0 Å². The Morgan fingerprint density at radius 1 is 0.944 bits per heavy atom. The molecule has 102 valence electrons. The third-order valence-electron chi connectivity index (χ3n) is 3.43. The fourth-order valence-corrected chi connectivity index (χ4v) is 2.11. The number of hydrogen-bond donors (Lipinski definition) is 1. The molecule has 0 unspecified atom stereocenters. The summed E-state index contributed by atoms with van der Waals surface area (Å²) in [5.74, 6) is 0.630. The van der Waals surface area contributed by atoms with E-state index in [2.05, 4.69) is 50.4 Å². The van der Waals surface area contributed by atoms with Crippen molar-refractivity contribution in [2.45, 2.75) is 65.3 Å². The van der Waals surface area contributed by atoms with Crippen LogP contribution in [0.5, 0.6) is 0 Å². The maximum atomic E-state index is 3.53. The smallest absolute Gasteiger partial charge is 0.0205 e. The van der Waals surface area contributed by atoms with Crippen molar-refractivity contribution in [1.82, 2.24) is 5.32 Å². The lowest BCUT2D eigenvalue weighted by Crippen LogP contribution is -2.14. The molecule has 0 atom stereocenters. The van der Waals surface area contributed by atoms with Gasteiger partial charge >= 0.3 is 0 Å². The summed E-state index contributed by atoms with van der Waals surface area (Å²) in [6, 6.07) is 9.00. The highest BCUT2D eigenvalue weighted by molar-refractivity contribution is 5.24. The van der Waals surface area contributed by atoms with Crippen molar-refractivity contribution in [2.75, 3.05) is 6.54 Å². The number of hydrogen-bond acceptors (Lipinski definition) is 1. The summed E-state index contributed by atoms with van der Waals surface area (Å²) in [5, 5.41) is 3.53. The minimum atomic E-state index is 0.630. The van der Waals surface area contributed by atoms with Crippen molar-refractivity contribution in [3.05, 3.63) is 35.4 Å². The summed E-state index contributed by atoms with van der Waals surface area (Å²) in [5.41, 5.74) is 2.83. The van der Waals surface area contributed by atoms with Gasteiger partial charge in [-0.2, -0.15) is 0 Å². The predicted molar refractivity (Wildman–Crippen MR) is 81.0 cm³/mol. The lowest BCUT2D eigenvalue weighted by atomic mass is 10.0. The first kappa shape index (κ1) is 15.2. The van der Waals surface area contributed by atoms with E-state index in [0.717, 1.165) is 13.1 Å². The average Bonchev–Trinajstić information content (AvgIpc) is 2.38. The number of benzene rings is 1. The van der Waals surface area contributed by atoms with E-state index >= 15 is 0 Å². The average molecular weight is 247 g/mol. The van der Waals surface area contributed by atoms with Gasteiger partial charge in [-0.05, 0) is 30.0 Å². The van der Waals surface area contributed by atoms with Crippen molar-refractivity contribution < 1.29 is 0 Å². The molecule has 1 aromatic carbocycles. The van der Waals surface area contributed by atoms with E-state index < -0.39 is 0 Å². The Morgan fingerprint density at radius 3 is 2.22 bits per heavy atom. The molecule has 1 heteroatoms. The zero-order chi connectivity index (χ0) is 13.2. The van der Waals surface area contributed by atoms with E-state index in [4.69, 9.17) is 0 Å². The number of unbranched alkanes of at least 4 members (excludes halogenated alkanes) is 4. The largest absolute Gasteiger partial charge is 0.313 e. The van der Waals surface area contributed by atoms with Gasteiger partial charge in [0.2, 0.25) is 0 Å². The highest BCUT2D eigenvalue weighted by Crippen LogP contribution is 2.14. The van der Waals surface area contributed by atoms with Crippen LogP contribution in [0.4, 0.5) is 0 Å². The van der Waals surface area contributed by atoms with E-state index in [1.165, 1.54) is 43.2 Å². The SMILES string of the molecule is CCCCCCCNCc1ccc(C(C)C)cc1. The third-order valence-corrected chi connectivity index (χ3v) is 3.43. The summed E-state index contributed by atoms with van der Waals surface area (Å²) in [6.45, 7) is 8.90. The molecule has 0 saturated heterocycles. The van der Waals surface area contributed by atoms with Crippen molar-refractivity contribution >= 4 is 0 Å². The van der Waals surface area contributed by atoms with Crippen LogP contribution in [-0.4, -0.2) is 6.54 Å². The number of rotatable bonds is 9. The molecule has 18 heavy (non-hydrogen) atoms. The molecule has 1 nitrogen and oxygen atoms in total. The Kier molecular flexibility index (Phi) is 7.75. The molecule has 0 fully saturated rings. The highest BCUT2D eigenvalue weighted by Gasteiger charge is 1.98. The van der Waals surface area contributed by atoms with E-state index in [9.17, 15) is 0 Å². The fourth-order valence-electron chi connectivity index (χ4n) is 2.11. The predicted octanol–water partition coefficient (Wildman–Crippen LogP) is 4.87. The molecular formula is C17H29N. The molecule has 1 N–H and O–H groups in total. The molecule has 0 aliphatic carbocycles. The lowest BCUT2D eigenvalue weighted by molar-refractivity contribution is 0.583. The maximum Gasteiger partial charge on any atom is 0.0205 e. The zero-order valence-electron chi connectivity index (χ0n) is 12.3. The van der Waals surface area contributed by atoms with Crippen LogP contribution in [-0.2, 0) is 6.54 Å². The Balaban J connectivity index is 2.12.